The van der Waals surface area contributed by atoms with Gasteiger partial charge in [-0.25, -0.2) is 9.78 Å². The Morgan fingerprint density at radius 3 is 2.18 bits per heavy atom. The molecular formula is C29H30Cl2N4O3S. The van der Waals surface area contributed by atoms with Crippen molar-refractivity contribution in [3.8, 4) is 34.0 Å². The SMILES string of the molecule is CCn1c(SCCCNC(=O)Nc2ccc(Cl)cc2Cl)nc(-c2ccc(OC)cc2)c1-c1ccc(OC)cc1. The van der Waals surface area contributed by atoms with Gasteiger partial charge in [0.1, 0.15) is 11.5 Å². The molecule has 3 aromatic carbocycles. The summed E-state index contributed by atoms with van der Waals surface area (Å²) in [5, 5.41) is 7.44. The Balaban J connectivity index is 1.46. The number of rotatable bonds is 11. The van der Waals surface area contributed by atoms with E-state index in [-0.39, 0.29) is 6.03 Å². The number of ether oxygens (including phenoxy) is 2. The molecule has 1 heterocycles. The monoisotopic (exact) mass is 584 g/mol. The van der Waals surface area contributed by atoms with E-state index in [9.17, 15) is 4.79 Å². The summed E-state index contributed by atoms with van der Waals surface area (Å²) in [5.74, 6) is 2.38. The Kier molecular flexibility index (Phi) is 10.0. The van der Waals surface area contributed by atoms with Crippen LogP contribution < -0.4 is 20.1 Å². The Labute approximate surface area is 242 Å². The van der Waals surface area contributed by atoms with E-state index in [0.29, 0.717) is 22.3 Å². The van der Waals surface area contributed by atoms with Crippen LogP contribution in [0.5, 0.6) is 11.5 Å². The molecule has 2 amide bonds. The number of thioether (sulfide) groups is 1. The van der Waals surface area contributed by atoms with E-state index in [0.717, 1.165) is 57.9 Å². The predicted octanol–water partition coefficient (Wildman–Crippen LogP) is 7.86. The van der Waals surface area contributed by atoms with Gasteiger partial charge >= 0.3 is 6.03 Å². The van der Waals surface area contributed by atoms with Gasteiger partial charge in [0.25, 0.3) is 0 Å². The van der Waals surface area contributed by atoms with E-state index in [2.05, 4.69) is 34.3 Å². The third-order valence-electron chi connectivity index (χ3n) is 5.99. The van der Waals surface area contributed by atoms with Gasteiger partial charge in [-0.3, -0.25) is 0 Å². The summed E-state index contributed by atoms with van der Waals surface area (Å²) in [6, 6.07) is 20.6. The lowest BCUT2D eigenvalue weighted by Crippen LogP contribution is -2.29. The molecule has 0 fully saturated rings. The quantitative estimate of drug-likeness (QED) is 0.138. The number of carbonyl (C=O) groups is 1. The lowest BCUT2D eigenvalue weighted by Gasteiger charge is -2.12. The summed E-state index contributed by atoms with van der Waals surface area (Å²) in [7, 11) is 3.32. The van der Waals surface area contributed by atoms with Crippen LogP contribution in [0.25, 0.3) is 22.5 Å². The van der Waals surface area contributed by atoms with Crippen molar-refractivity contribution in [1.82, 2.24) is 14.9 Å². The second-order valence-electron chi connectivity index (χ2n) is 8.50. The summed E-state index contributed by atoms with van der Waals surface area (Å²) in [6.07, 6.45) is 0.763. The van der Waals surface area contributed by atoms with E-state index in [4.69, 9.17) is 37.7 Å². The van der Waals surface area contributed by atoms with Crippen molar-refractivity contribution < 1.29 is 14.3 Å². The highest BCUT2D eigenvalue weighted by Crippen LogP contribution is 2.37. The molecule has 0 unspecified atom stereocenters. The van der Waals surface area contributed by atoms with Crippen molar-refractivity contribution in [3.63, 3.8) is 0 Å². The van der Waals surface area contributed by atoms with Gasteiger partial charge in [-0.1, -0.05) is 35.0 Å². The van der Waals surface area contributed by atoms with Crippen molar-refractivity contribution in [2.24, 2.45) is 0 Å². The fraction of sp³-hybridized carbons (Fsp3) is 0.241. The van der Waals surface area contributed by atoms with Crippen LogP contribution in [-0.4, -0.2) is 42.1 Å². The zero-order valence-corrected chi connectivity index (χ0v) is 24.3. The van der Waals surface area contributed by atoms with Crippen molar-refractivity contribution in [1.29, 1.82) is 0 Å². The first-order valence-corrected chi connectivity index (χ1v) is 14.2. The van der Waals surface area contributed by atoms with Crippen molar-refractivity contribution in [2.45, 2.75) is 25.0 Å². The number of methoxy groups -OCH3 is 2. The third-order valence-corrected chi connectivity index (χ3v) is 7.60. The molecule has 204 valence electrons. The lowest BCUT2D eigenvalue weighted by atomic mass is 10.0. The van der Waals surface area contributed by atoms with Crippen LogP contribution >= 0.6 is 35.0 Å². The van der Waals surface area contributed by atoms with Crippen LogP contribution in [0.2, 0.25) is 10.0 Å². The fourth-order valence-electron chi connectivity index (χ4n) is 4.02. The van der Waals surface area contributed by atoms with Gasteiger partial charge in [0.05, 0.1) is 36.3 Å². The number of hydrogen-bond acceptors (Lipinski definition) is 5. The van der Waals surface area contributed by atoms with Gasteiger partial charge in [-0.2, -0.15) is 0 Å². The molecular weight excluding hydrogens is 555 g/mol. The van der Waals surface area contributed by atoms with E-state index in [1.165, 1.54) is 0 Å². The smallest absolute Gasteiger partial charge is 0.319 e. The molecule has 0 saturated carbocycles. The highest BCUT2D eigenvalue weighted by molar-refractivity contribution is 7.99. The summed E-state index contributed by atoms with van der Waals surface area (Å²) in [6.45, 7) is 3.38. The van der Waals surface area contributed by atoms with Gasteiger partial charge in [-0.05, 0) is 80.1 Å². The second-order valence-corrected chi connectivity index (χ2v) is 10.4. The number of nitrogens with zero attached hydrogens (tertiary/aromatic N) is 2. The average molecular weight is 586 g/mol. The average Bonchev–Trinajstić information content (AvgIpc) is 3.32. The minimum atomic E-state index is -0.317. The largest absolute Gasteiger partial charge is 0.497 e. The zero-order valence-electron chi connectivity index (χ0n) is 22.0. The molecule has 0 radical (unpaired) electrons. The molecule has 2 N–H and O–H groups in total. The number of hydrogen-bond donors (Lipinski definition) is 2. The minimum absolute atomic E-state index is 0.317. The highest BCUT2D eigenvalue weighted by atomic mass is 35.5. The second kappa shape index (κ2) is 13.6. The van der Waals surface area contributed by atoms with Crippen LogP contribution in [0.15, 0.2) is 71.9 Å². The first-order valence-electron chi connectivity index (χ1n) is 12.5. The molecule has 0 aliphatic carbocycles. The number of amides is 2. The third kappa shape index (κ3) is 7.20. The first-order chi connectivity index (χ1) is 18.9. The molecule has 0 bridgehead atoms. The molecule has 7 nitrogen and oxygen atoms in total. The summed E-state index contributed by atoms with van der Waals surface area (Å²) >= 11 is 13.7. The molecule has 0 atom stereocenters. The standard InChI is InChI=1S/C29H30Cl2N4O3S/c1-4-35-27(20-8-13-23(38-3)14-9-20)26(19-6-11-22(37-2)12-7-19)34-29(35)39-17-5-16-32-28(36)33-25-15-10-21(30)18-24(25)31/h6-15,18H,4-5,16-17H2,1-3H3,(H2,32,33,36). The number of imidazole rings is 1. The van der Waals surface area contributed by atoms with Gasteiger partial charge in [0, 0.05) is 35.0 Å². The Morgan fingerprint density at radius 1 is 0.949 bits per heavy atom. The van der Waals surface area contributed by atoms with E-state index >= 15 is 0 Å². The van der Waals surface area contributed by atoms with E-state index in [1.807, 2.05) is 36.4 Å². The van der Waals surface area contributed by atoms with Gasteiger partial charge in [0.15, 0.2) is 5.16 Å². The molecule has 39 heavy (non-hydrogen) atoms. The molecule has 4 aromatic rings. The maximum absolute atomic E-state index is 12.3. The molecule has 0 spiro atoms. The maximum atomic E-state index is 12.3. The van der Waals surface area contributed by atoms with Gasteiger partial charge in [-0.15, -0.1) is 0 Å². The highest BCUT2D eigenvalue weighted by Gasteiger charge is 2.20. The van der Waals surface area contributed by atoms with Crippen molar-refractivity contribution in [2.75, 3.05) is 31.8 Å². The normalized spacial score (nSPS) is 10.8. The van der Waals surface area contributed by atoms with E-state index < -0.39 is 0 Å². The molecule has 0 saturated heterocycles. The number of carbonyl (C=O) groups excluding carboxylic acids is 1. The van der Waals surface area contributed by atoms with E-state index in [1.54, 1.807) is 44.2 Å². The number of nitrogens with one attached hydrogen (secondary N) is 2. The molecule has 0 aliphatic heterocycles. The fourth-order valence-corrected chi connectivity index (χ4v) is 5.48. The van der Waals surface area contributed by atoms with Crippen LogP contribution in [0.3, 0.4) is 0 Å². The van der Waals surface area contributed by atoms with Crippen LogP contribution in [0.1, 0.15) is 13.3 Å². The maximum Gasteiger partial charge on any atom is 0.319 e. The predicted molar refractivity (Wildman–Crippen MR) is 161 cm³/mol. The first kappa shape index (κ1) is 28.7. The van der Waals surface area contributed by atoms with Crippen LogP contribution in [0, 0.1) is 0 Å². The topological polar surface area (TPSA) is 77.4 Å². The molecule has 10 heteroatoms. The van der Waals surface area contributed by atoms with Crippen molar-refractivity contribution >= 4 is 46.7 Å². The number of benzene rings is 3. The summed E-state index contributed by atoms with van der Waals surface area (Å²) < 4.78 is 12.9. The van der Waals surface area contributed by atoms with Gasteiger partial charge < -0.3 is 24.7 Å². The molecule has 1 aromatic heterocycles. The lowest BCUT2D eigenvalue weighted by molar-refractivity contribution is 0.252. The Bertz CT molecular complexity index is 1410. The minimum Gasteiger partial charge on any atom is -0.497 e. The number of anilines is 1. The Morgan fingerprint density at radius 2 is 1.59 bits per heavy atom. The summed E-state index contributed by atoms with van der Waals surface area (Å²) in [4.78, 5) is 17.3. The number of urea groups is 1. The van der Waals surface area contributed by atoms with Crippen molar-refractivity contribution in [3.05, 3.63) is 76.8 Å². The zero-order chi connectivity index (χ0) is 27.8. The number of halogens is 2. The Hall–Kier alpha value is -3.33. The molecule has 0 aliphatic rings. The van der Waals surface area contributed by atoms with Gasteiger partial charge in [0.2, 0.25) is 0 Å². The number of aromatic nitrogens is 2. The van der Waals surface area contributed by atoms with Crippen LogP contribution in [-0.2, 0) is 6.54 Å². The molecule has 4 rings (SSSR count). The van der Waals surface area contributed by atoms with Crippen LogP contribution in [0.4, 0.5) is 10.5 Å². The summed E-state index contributed by atoms with van der Waals surface area (Å²) in [5.41, 5.74) is 4.53.